The van der Waals surface area contributed by atoms with Crippen molar-refractivity contribution in [2.24, 2.45) is 0 Å². The van der Waals surface area contributed by atoms with E-state index in [0.29, 0.717) is 18.7 Å². The van der Waals surface area contributed by atoms with Crippen molar-refractivity contribution in [3.05, 3.63) is 51.7 Å². The Morgan fingerprint density at radius 2 is 2.18 bits per heavy atom. The van der Waals surface area contributed by atoms with Crippen molar-refractivity contribution < 1.29 is 14.3 Å². The number of nitrogens with zero attached hydrogens (tertiary/aromatic N) is 2. The van der Waals surface area contributed by atoms with Crippen molar-refractivity contribution in [2.45, 2.75) is 25.3 Å². The number of aromatic nitrogens is 1. The van der Waals surface area contributed by atoms with Gasteiger partial charge in [0.25, 0.3) is 5.91 Å². The van der Waals surface area contributed by atoms with Crippen LogP contribution in [0, 0.1) is 5.82 Å². The summed E-state index contributed by atoms with van der Waals surface area (Å²) in [6.45, 7) is 0.674. The maximum atomic E-state index is 12.9. The molecule has 0 bridgehead atoms. The molecule has 0 unspecified atom stereocenters. The average Bonchev–Trinajstić information content (AvgIpc) is 3.17. The van der Waals surface area contributed by atoms with E-state index in [1.165, 1.54) is 23.5 Å². The topological polar surface area (TPSA) is 53.4 Å². The lowest BCUT2D eigenvalue weighted by Gasteiger charge is -2.21. The third-order valence-corrected chi connectivity index (χ3v) is 4.74. The molecular weight excluding hydrogens is 303 g/mol. The molecule has 0 aliphatic carbocycles. The molecule has 1 atom stereocenters. The maximum Gasteiger partial charge on any atom is 0.273 e. The summed E-state index contributed by atoms with van der Waals surface area (Å²) in [5.74, 6) is -0.374. The SMILES string of the molecule is O=C(c1csc(Cc2ccc(F)cc2)n1)N1CCC[C@@H]1CO. The van der Waals surface area contributed by atoms with Gasteiger partial charge in [-0.3, -0.25) is 4.79 Å². The highest BCUT2D eigenvalue weighted by Gasteiger charge is 2.29. The summed E-state index contributed by atoms with van der Waals surface area (Å²) in [5, 5.41) is 11.9. The van der Waals surface area contributed by atoms with Crippen molar-refractivity contribution in [1.29, 1.82) is 0 Å². The number of thiazole rings is 1. The first kappa shape index (κ1) is 15.1. The Morgan fingerprint density at radius 3 is 2.91 bits per heavy atom. The highest BCUT2D eigenvalue weighted by molar-refractivity contribution is 7.09. The van der Waals surface area contributed by atoms with E-state index < -0.39 is 0 Å². The zero-order chi connectivity index (χ0) is 15.5. The molecule has 0 spiro atoms. The number of carbonyl (C=O) groups is 1. The lowest BCUT2D eigenvalue weighted by molar-refractivity contribution is 0.0672. The molecule has 1 fully saturated rings. The van der Waals surface area contributed by atoms with Crippen LogP contribution in [0.3, 0.4) is 0 Å². The van der Waals surface area contributed by atoms with E-state index in [1.54, 1.807) is 22.4 Å². The van der Waals surface area contributed by atoms with Crippen LogP contribution in [-0.4, -0.2) is 40.1 Å². The van der Waals surface area contributed by atoms with Crippen molar-refractivity contribution in [1.82, 2.24) is 9.88 Å². The third-order valence-electron chi connectivity index (χ3n) is 3.89. The molecule has 22 heavy (non-hydrogen) atoms. The molecule has 1 aliphatic heterocycles. The molecule has 1 aromatic heterocycles. The van der Waals surface area contributed by atoms with Gasteiger partial charge in [-0.2, -0.15) is 0 Å². The van der Waals surface area contributed by atoms with Gasteiger partial charge in [-0.1, -0.05) is 12.1 Å². The van der Waals surface area contributed by atoms with Gasteiger partial charge in [0, 0.05) is 18.3 Å². The van der Waals surface area contributed by atoms with Crippen molar-refractivity contribution in [3.8, 4) is 0 Å². The average molecular weight is 320 g/mol. The summed E-state index contributed by atoms with van der Waals surface area (Å²) in [6.07, 6.45) is 2.35. The minimum Gasteiger partial charge on any atom is -0.394 e. The number of rotatable bonds is 4. The van der Waals surface area contributed by atoms with Crippen LogP contribution in [0.1, 0.15) is 33.9 Å². The van der Waals surface area contributed by atoms with Crippen LogP contribution in [0.5, 0.6) is 0 Å². The maximum absolute atomic E-state index is 12.9. The third kappa shape index (κ3) is 3.18. The second kappa shape index (κ2) is 6.54. The van der Waals surface area contributed by atoms with E-state index in [2.05, 4.69) is 4.98 Å². The number of hydrogen-bond donors (Lipinski definition) is 1. The molecule has 2 aromatic rings. The van der Waals surface area contributed by atoms with Crippen molar-refractivity contribution in [3.63, 3.8) is 0 Å². The summed E-state index contributed by atoms with van der Waals surface area (Å²) >= 11 is 1.43. The minimum atomic E-state index is -0.261. The number of aliphatic hydroxyl groups excluding tert-OH is 1. The number of benzene rings is 1. The van der Waals surface area contributed by atoms with Gasteiger partial charge in [-0.25, -0.2) is 9.37 Å². The fourth-order valence-corrected chi connectivity index (χ4v) is 3.51. The van der Waals surface area contributed by atoms with Gasteiger partial charge in [-0.05, 0) is 30.5 Å². The number of carbonyl (C=O) groups excluding carboxylic acids is 1. The standard InChI is InChI=1S/C16H17FN2O2S/c17-12-5-3-11(4-6-12)8-15-18-14(10-22-15)16(21)19-7-1-2-13(19)9-20/h3-6,10,13,20H,1-2,7-9H2/t13-/m1/s1. The van der Waals surface area contributed by atoms with E-state index >= 15 is 0 Å². The lowest BCUT2D eigenvalue weighted by atomic mass is 10.1. The first-order chi connectivity index (χ1) is 10.7. The Labute approximate surface area is 132 Å². The van der Waals surface area contributed by atoms with Crippen LogP contribution in [0.15, 0.2) is 29.6 Å². The quantitative estimate of drug-likeness (QED) is 0.941. The molecular formula is C16H17FN2O2S. The highest BCUT2D eigenvalue weighted by Crippen LogP contribution is 2.22. The molecule has 6 heteroatoms. The van der Waals surface area contributed by atoms with Crippen LogP contribution in [-0.2, 0) is 6.42 Å². The van der Waals surface area contributed by atoms with Gasteiger partial charge in [0.15, 0.2) is 0 Å². The number of likely N-dealkylation sites (tertiary alicyclic amines) is 1. The molecule has 3 rings (SSSR count). The van der Waals surface area contributed by atoms with E-state index in [0.717, 1.165) is 23.4 Å². The molecule has 1 N–H and O–H groups in total. The second-order valence-electron chi connectivity index (χ2n) is 5.41. The van der Waals surface area contributed by atoms with Crippen molar-refractivity contribution in [2.75, 3.05) is 13.2 Å². The summed E-state index contributed by atoms with van der Waals surface area (Å²) in [5.41, 5.74) is 1.40. The Balaban J connectivity index is 1.70. The van der Waals surface area contributed by atoms with Gasteiger partial charge < -0.3 is 10.0 Å². The summed E-state index contributed by atoms with van der Waals surface area (Å²) in [4.78, 5) is 18.5. The number of aliphatic hydroxyl groups is 1. The van der Waals surface area contributed by atoms with Gasteiger partial charge in [0.2, 0.25) is 0 Å². The van der Waals surface area contributed by atoms with E-state index in [-0.39, 0.29) is 24.4 Å². The lowest BCUT2D eigenvalue weighted by Crippen LogP contribution is -2.37. The van der Waals surface area contributed by atoms with Crippen LogP contribution in [0.2, 0.25) is 0 Å². The number of hydrogen-bond acceptors (Lipinski definition) is 4. The smallest absolute Gasteiger partial charge is 0.273 e. The van der Waals surface area contributed by atoms with E-state index in [4.69, 9.17) is 0 Å². The Morgan fingerprint density at radius 1 is 1.41 bits per heavy atom. The van der Waals surface area contributed by atoms with Crippen LogP contribution >= 0.6 is 11.3 Å². The number of amides is 1. The van der Waals surface area contributed by atoms with Gasteiger partial charge in [0.05, 0.1) is 17.7 Å². The normalized spacial score (nSPS) is 17.9. The molecule has 0 saturated carbocycles. The van der Waals surface area contributed by atoms with Crippen LogP contribution < -0.4 is 0 Å². The largest absolute Gasteiger partial charge is 0.394 e. The molecule has 1 aromatic carbocycles. The van der Waals surface area contributed by atoms with Crippen molar-refractivity contribution >= 4 is 17.2 Å². The Hall–Kier alpha value is -1.79. The van der Waals surface area contributed by atoms with E-state index in [9.17, 15) is 14.3 Å². The monoisotopic (exact) mass is 320 g/mol. The predicted octanol–water partition coefficient (Wildman–Crippen LogP) is 2.47. The van der Waals surface area contributed by atoms with Gasteiger partial charge in [0.1, 0.15) is 11.5 Å². The van der Waals surface area contributed by atoms with Crippen LogP contribution in [0.25, 0.3) is 0 Å². The van der Waals surface area contributed by atoms with Gasteiger partial charge >= 0.3 is 0 Å². The summed E-state index contributed by atoms with van der Waals surface area (Å²) in [6, 6.07) is 6.20. The second-order valence-corrected chi connectivity index (χ2v) is 6.35. The molecule has 2 heterocycles. The molecule has 4 nitrogen and oxygen atoms in total. The van der Waals surface area contributed by atoms with Crippen LogP contribution in [0.4, 0.5) is 4.39 Å². The molecule has 1 aliphatic rings. The molecule has 1 saturated heterocycles. The fourth-order valence-electron chi connectivity index (χ4n) is 2.71. The Kier molecular flexibility index (Phi) is 4.49. The summed E-state index contributed by atoms with van der Waals surface area (Å²) < 4.78 is 12.9. The zero-order valence-electron chi connectivity index (χ0n) is 12.0. The molecule has 0 radical (unpaired) electrons. The van der Waals surface area contributed by atoms with Gasteiger partial charge in [-0.15, -0.1) is 11.3 Å². The van der Waals surface area contributed by atoms with E-state index in [1.807, 2.05) is 0 Å². The molecule has 116 valence electrons. The Bertz CT molecular complexity index is 656. The highest BCUT2D eigenvalue weighted by atomic mass is 32.1. The first-order valence-electron chi connectivity index (χ1n) is 7.28. The fraction of sp³-hybridized carbons (Fsp3) is 0.375. The number of halogens is 1. The predicted molar refractivity (Wildman–Crippen MR) is 82.5 cm³/mol. The molecule has 1 amide bonds. The minimum absolute atomic E-state index is 0.00167. The first-order valence-corrected chi connectivity index (χ1v) is 8.16. The summed E-state index contributed by atoms with van der Waals surface area (Å²) in [7, 11) is 0. The zero-order valence-corrected chi connectivity index (χ0v) is 12.9.